The standard InChI is InChI=1S/C18H16F2N2O3/c1-25-17(24)22-15-10-13(6-7-14(15)20)21-16(23)18(8-9-18)11-2-4-12(19)5-3-11/h2-7,10H,8-9H2,1H3,(H,21,23)(H,22,24). The van der Waals surface area contributed by atoms with E-state index < -0.39 is 17.3 Å². The first-order valence-electron chi connectivity index (χ1n) is 7.67. The van der Waals surface area contributed by atoms with Crippen molar-refractivity contribution >= 4 is 23.4 Å². The summed E-state index contributed by atoms with van der Waals surface area (Å²) in [5, 5.41) is 4.96. The zero-order valence-electron chi connectivity index (χ0n) is 13.4. The van der Waals surface area contributed by atoms with E-state index in [1.165, 1.54) is 31.4 Å². The number of ether oxygens (including phenoxy) is 1. The molecule has 2 amide bonds. The fourth-order valence-corrected chi connectivity index (χ4v) is 2.65. The molecule has 2 aromatic carbocycles. The average Bonchev–Trinajstić information content (AvgIpc) is 3.40. The summed E-state index contributed by atoms with van der Waals surface area (Å²) in [6, 6.07) is 9.67. The summed E-state index contributed by atoms with van der Waals surface area (Å²) in [6.45, 7) is 0. The number of hydrogen-bond acceptors (Lipinski definition) is 3. The summed E-state index contributed by atoms with van der Waals surface area (Å²) in [7, 11) is 1.17. The molecule has 0 saturated heterocycles. The van der Waals surface area contributed by atoms with Gasteiger partial charge in [0.15, 0.2) is 0 Å². The molecule has 0 spiro atoms. The van der Waals surface area contributed by atoms with E-state index in [0.29, 0.717) is 18.5 Å². The van der Waals surface area contributed by atoms with Gasteiger partial charge in [0, 0.05) is 5.69 Å². The lowest BCUT2D eigenvalue weighted by molar-refractivity contribution is -0.118. The number of halogens is 2. The third kappa shape index (κ3) is 3.45. The van der Waals surface area contributed by atoms with Gasteiger partial charge in [-0.3, -0.25) is 10.1 Å². The highest BCUT2D eigenvalue weighted by Gasteiger charge is 2.51. The van der Waals surface area contributed by atoms with Crippen molar-refractivity contribution in [3.8, 4) is 0 Å². The number of benzene rings is 2. The van der Waals surface area contributed by atoms with Crippen molar-refractivity contribution in [2.75, 3.05) is 17.7 Å². The average molecular weight is 346 g/mol. The Morgan fingerprint density at radius 3 is 2.32 bits per heavy atom. The van der Waals surface area contributed by atoms with Crippen molar-refractivity contribution in [3.63, 3.8) is 0 Å². The molecule has 130 valence electrons. The monoisotopic (exact) mass is 346 g/mol. The van der Waals surface area contributed by atoms with Gasteiger partial charge in [-0.25, -0.2) is 13.6 Å². The fourth-order valence-electron chi connectivity index (χ4n) is 2.65. The third-order valence-electron chi connectivity index (χ3n) is 4.23. The van der Waals surface area contributed by atoms with E-state index in [9.17, 15) is 18.4 Å². The van der Waals surface area contributed by atoms with E-state index in [-0.39, 0.29) is 17.4 Å². The van der Waals surface area contributed by atoms with Gasteiger partial charge in [0.25, 0.3) is 0 Å². The molecule has 1 aliphatic rings. The van der Waals surface area contributed by atoms with Gasteiger partial charge in [-0.15, -0.1) is 0 Å². The van der Waals surface area contributed by atoms with E-state index in [4.69, 9.17) is 0 Å². The summed E-state index contributed by atoms with van der Waals surface area (Å²) < 4.78 is 31.2. The molecule has 0 heterocycles. The first-order valence-corrected chi connectivity index (χ1v) is 7.67. The predicted octanol–water partition coefficient (Wildman–Crippen LogP) is 3.81. The van der Waals surface area contributed by atoms with E-state index in [1.54, 1.807) is 12.1 Å². The summed E-state index contributed by atoms with van der Waals surface area (Å²) in [5.41, 5.74) is 0.279. The van der Waals surface area contributed by atoms with Crippen LogP contribution in [0.3, 0.4) is 0 Å². The molecule has 7 heteroatoms. The van der Waals surface area contributed by atoms with Gasteiger partial charge in [-0.05, 0) is 48.7 Å². The molecule has 2 aromatic rings. The molecule has 1 fully saturated rings. The number of amides is 2. The van der Waals surface area contributed by atoms with Crippen LogP contribution >= 0.6 is 0 Å². The van der Waals surface area contributed by atoms with Crippen LogP contribution in [0.1, 0.15) is 18.4 Å². The van der Waals surface area contributed by atoms with E-state index >= 15 is 0 Å². The Kier molecular flexibility index (Phi) is 4.39. The minimum Gasteiger partial charge on any atom is -0.453 e. The molecule has 1 aliphatic carbocycles. The van der Waals surface area contributed by atoms with E-state index in [1.807, 2.05) is 0 Å². The first kappa shape index (κ1) is 16.9. The van der Waals surface area contributed by atoms with Crippen LogP contribution in [0, 0.1) is 11.6 Å². The molecule has 0 radical (unpaired) electrons. The van der Waals surface area contributed by atoms with Crippen molar-refractivity contribution in [2.45, 2.75) is 18.3 Å². The third-order valence-corrected chi connectivity index (χ3v) is 4.23. The Hall–Kier alpha value is -2.96. The van der Waals surface area contributed by atoms with Crippen LogP contribution in [0.4, 0.5) is 25.0 Å². The molecular weight excluding hydrogens is 330 g/mol. The Bertz CT molecular complexity index is 818. The summed E-state index contributed by atoms with van der Waals surface area (Å²) in [4.78, 5) is 23.9. The highest BCUT2D eigenvalue weighted by atomic mass is 19.1. The number of carbonyl (C=O) groups is 2. The van der Waals surface area contributed by atoms with Gasteiger partial charge < -0.3 is 10.1 Å². The molecule has 0 unspecified atom stereocenters. The predicted molar refractivity (Wildman–Crippen MR) is 88.4 cm³/mol. The second kappa shape index (κ2) is 6.51. The summed E-state index contributed by atoms with van der Waals surface area (Å²) in [5.74, 6) is -1.27. The number of nitrogens with one attached hydrogen (secondary N) is 2. The van der Waals surface area contributed by atoms with Crippen molar-refractivity contribution in [1.29, 1.82) is 0 Å². The molecule has 1 saturated carbocycles. The Morgan fingerprint density at radius 2 is 1.72 bits per heavy atom. The zero-order valence-corrected chi connectivity index (χ0v) is 13.4. The second-order valence-corrected chi connectivity index (χ2v) is 5.85. The number of hydrogen-bond donors (Lipinski definition) is 2. The molecule has 0 atom stereocenters. The minimum absolute atomic E-state index is 0.101. The maximum Gasteiger partial charge on any atom is 0.411 e. The quantitative estimate of drug-likeness (QED) is 0.884. The van der Waals surface area contributed by atoms with Crippen LogP contribution < -0.4 is 10.6 Å². The van der Waals surface area contributed by atoms with E-state index in [0.717, 1.165) is 11.6 Å². The highest BCUT2D eigenvalue weighted by molar-refractivity contribution is 6.01. The summed E-state index contributed by atoms with van der Waals surface area (Å²) in [6.07, 6.45) is 0.491. The van der Waals surface area contributed by atoms with Gasteiger partial charge in [0.05, 0.1) is 18.2 Å². The molecule has 0 bridgehead atoms. The Labute approximate surface area is 143 Å². The van der Waals surface area contributed by atoms with E-state index in [2.05, 4.69) is 15.4 Å². The topological polar surface area (TPSA) is 67.4 Å². The van der Waals surface area contributed by atoms with Crippen LogP contribution in [-0.2, 0) is 14.9 Å². The molecule has 5 nitrogen and oxygen atoms in total. The van der Waals surface area contributed by atoms with Crippen LogP contribution in [0.2, 0.25) is 0 Å². The highest BCUT2D eigenvalue weighted by Crippen LogP contribution is 2.49. The maximum absolute atomic E-state index is 13.7. The van der Waals surface area contributed by atoms with Gasteiger partial charge >= 0.3 is 6.09 Å². The first-order chi connectivity index (χ1) is 11.9. The van der Waals surface area contributed by atoms with Gasteiger partial charge in [0.2, 0.25) is 5.91 Å². The summed E-state index contributed by atoms with van der Waals surface area (Å²) >= 11 is 0. The number of methoxy groups -OCH3 is 1. The Balaban J connectivity index is 1.78. The largest absolute Gasteiger partial charge is 0.453 e. The van der Waals surface area contributed by atoms with Gasteiger partial charge in [-0.1, -0.05) is 12.1 Å². The SMILES string of the molecule is COC(=O)Nc1cc(NC(=O)C2(c3ccc(F)cc3)CC2)ccc1F. The number of rotatable bonds is 4. The van der Waals surface area contributed by atoms with Gasteiger partial charge in [0.1, 0.15) is 11.6 Å². The molecule has 0 aliphatic heterocycles. The molecule has 3 rings (SSSR count). The lowest BCUT2D eigenvalue weighted by Gasteiger charge is -2.16. The minimum atomic E-state index is -0.813. The maximum atomic E-state index is 13.7. The van der Waals surface area contributed by atoms with Crippen LogP contribution in [0.5, 0.6) is 0 Å². The van der Waals surface area contributed by atoms with Crippen molar-refractivity contribution in [1.82, 2.24) is 0 Å². The van der Waals surface area contributed by atoms with Crippen LogP contribution in [0.15, 0.2) is 42.5 Å². The number of anilines is 2. The fraction of sp³-hybridized carbons (Fsp3) is 0.222. The van der Waals surface area contributed by atoms with Crippen molar-refractivity contribution < 1.29 is 23.1 Å². The van der Waals surface area contributed by atoms with Crippen molar-refractivity contribution in [2.24, 2.45) is 0 Å². The zero-order chi connectivity index (χ0) is 18.0. The van der Waals surface area contributed by atoms with Crippen molar-refractivity contribution in [3.05, 3.63) is 59.7 Å². The molecule has 2 N–H and O–H groups in total. The Morgan fingerprint density at radius 1 is 1.04 bits per heavy atom. The molecular formula is C18H16F2N2O3. The second-order valence-electron chi connectivity index (χ2n) is 5.85. The lowest BCUT2D eigenvalue weighted by atomic mass is 9.95. The molecule has 25 heavy (non-hydrogen) atoms. The van der Waals surface area contributed by atoms with Crippen LogP contribution in [0.25, 0.3) is 0 Å². The smallest absolute Gasteiger partial charge is 0.411 e. The van der Waals surface area contributed by atoms with Gasteiger partial charge in [-0.2, -0.15) is 0 Å². The lowest BCUT2D eigenvalue weighted by Crippen LogP contribution is -2.27. The van der Waals surface area contributed by atoms with Crippen LogP contribution in [-0.4, -0.2) is 19.1 Å². The normalized spacial score (nSPS) is 14.5. The molecule has 0 aromatic heterocycles. The number of carbonyl (C=O) groups excluding carboxylic acids is 2.